The van der Waals surface area contributed by atoms with Gasteiger partial charge in [0.2, 0.25) is 35.4 Å². The van der Waals surface area contributed by atoms with Crippen LogP contribution in [0, 0.1) is 11.6 Å². The van der Waals surface area contributed by atoms with Crippen LogP contribution in [0.25, 0.3) is 0 Å². The van der Waals surface area contributed by atoms with Crippen molar-refractivity contribution in [1.82, 2.24) is 30.7 Å². The van der Waals surface area contributed by atoms with E-state index in [1.54, 1.807) is 0 Å². The van der Waals surface area contributed by atoms with Gasteiger partial charge in [-0.25, -0.2) is 22.4 Å². The van der Waals surface area contributed by atoms with Gasteiger partial charge >= 0.3 is 5.97 Å². The van der Waals surface area contributed by atoms with Crippen LogP contribution >= 0.6 is 0 Å². The number of nitrogens with zero attached hydrogens (tertiary/aromatic N) is 3. The highest BCUT2D eigenvalue weighted by atomic mass is 19.3. The summed E-state index contributed by atoms with van der Waals surface area (Å²) in [6.45, 7) is 2.84. The van der Waals surface area contributed by atoms with E-state index >= 15 is 0 Å². The van der Waals surface area contributed by atoms with Gasteiger partial charge in [0, 0.05) is 45.6 Å². The minimum Gasteiger partial charge on any atom is -0.461 e. The van der Waals surface area contributed by atoms with Crippen molar-refractivity contribution in [3.63, 3.8) is 0 Å². The molecule has 0 aromatic heterocycles. The molecule has 3 aliphatic rings. The highest BCUT2D eigenvalue weighted by Crippen LogP contribution is 2.24. The molecule has 284 valence electrons. The second-order valence-corrected chi connectivity index (χ2v) is 13.3. The van der Waals surface area contributed by atoms with Crippen LogP contribution in [-0.2, 0) is 44.7 Å². The third-order valence-electron chi connectivity index (χ3n) is 9.20. The Morgan fingerprint density at radius 2 is 1.56 bits per heavy atom. The van der Waals surface area contributed by atoms with Crippen LogP contribution in [0.15, 0.2) is 30.4 Å². The second-order valence-electron chi connectivity index (χ2n) is 13.3. The van der Waals surface area contributed by atoms with Gasteiger partial charge < -0.3 is 35.4 Å². The zero-order chi connectivity index (χ0) is 38.5. The van der Waals surface area contributed by atoms with Crippen molar-refractivity contribution in [3.05, 3.63) is 47.5 Å². The predicted octanol–water partition coefficient (Wildman–Crippen LogP) is 0.579. The summed E-state index contributed by atoms with van der Waals surface area (Å²) in [4.78, 5) is 97.5. The van der Waals surface area contributed by atoms with E-state index in [1.165, 1.54) is 30.7 Å². The first-order valence-corrected chi connectivity index (χ1v) is 16.8. The highest BCUT2D eigenvalue weighted by molar-refractivity contribution is 5.98. The summed E-state index contributed by atoms with van der Waals surface area (Å²) in [7, 11) is 1.37. The number of cyclic esters (lactones) is 1. The average Bonchev–Trinajstić information content (AvgIpc) is 3.76. The molecule has 14 nitrogen and oxygen atoms in total. The standard InChI is InChI=1S/C34H42F4N6O8/c1-18-30(48)44-12-6-8-26(44)33(51)52-17-24(31(49)43-11-5-7-25(43)32(50)42(4)19(2)28(46)39-18)41-29(47)23(40-27(45)9-10-34(3,37)38)15-20-13-21(35)16-22(36)14-20/h9-10,13-14,16,18-19,23-26H,5-8,11-12,15,17H2,1-4H3,(H,39,46)(H,40,45)(H,41,47)/b10-9+/t18-,19-,23-,24-,25-,26-/m0/s1. The van der Waals surface area contributed by atoms with Crippen LogP contribution in [0.2, 0.25) is 0 Å². The van der Waals surface area contributed by atoms with Crippen molar-refractivity contribution in [2.45, 2.75) is 95.0 Å². The molecule has 3 saturated heterocycles. The number of amides is 6. The number of nitrogens with one attached hydrogen (secondary N) is 3. The maximum absolute atomic E-state index is 14.1. The maximum Gasteiger partial charge on any atom is 0.328 e. The fourth-order valence-corrected chi connectivity index (χ4v) is 6.33. The largest absolute Gasteiger partial charge is 0.461 e. The molecule has 0 bridgehead atoms. The number of fused-ring (bicyclic) bond motifs is 2. The molecule has 0 unspecified atom stereocenters. The van der Waals surface area contributed by atoms with Gasteiger partial charge in [-0.1, -0.05) is 0 Å². The third kappa shape index (κ3) is 9.85. The SMILES string of the molecule is C[C@@H]1NC(=O)[C@H](C)N(C)C(=O)[C@@H]2CCCN2C(=O)[C@@H](NC(=O)[C@H](Cc2cc(F)cc(F)c2)NC(=O)/C=C/C(C)(F)F)COC(=O)[C@@H]2CCCN2C1=O. The van der Waals surface area contributed by atoms with Crippen LogP contribution in [-0.4, -0.2) is 125 Å². The molecule has 0 radical (unpaired) electrons. The number of rotatable bonds is 7. The number of esters is 1. The smallest absolute Gasteiger partial charge is 0.328 e. The summed E-state index contributed by atoms with van der Waals surface area (Å²) in [6.07, 6.45) is 1.37. The number of hydrogen-bond acceptors (Lipinski definition) is 8. The number of likely N-dealkylation sites (N-methyl/N-ethyl adjacent to an activating group) is 1. The molecule has 6 atom stereocenters. The van der Waals surface area contributed by atoms with Crippen molar-refractivity contribution in [3.8, 4) is 0 Å². The van der Waals surface area contributed by atoms with Gasteiger partial charge in [-0.3, -0.25) is 28.8 Å². The Bertz CT molecular complexity index is 1600. The molecule has 18 heteroatoms. The van der Waals surface area contributed by atoms with E-state index in [0.717, 1.165) is 17.0 Å². The number of halogens is 4. The van der Waals surface area contributed by atoms with Gasteiger partial charge in [0.25, 0.3) is 5.92 Å². The van der Waals surface area contributed by atoms with Gasteiger partial charge in [-0.15, -0.1) is 0 Å². The van der Waals surface area contributed by atoms with Crippen LogP contribution in [0.1, 0.15) is 52.0 Å². The monoisotopic (exact) mass is 738 g/mol. The molecule has 0 saturated carbocycles. The number of hydrogen-bond donors (Lipinski definition) is 3. The Morgan fingerprint density at radius 1 is 0.962 bits per heavy atom. The van der Waals surface area contributed by atoms with E-state index in [4.69, 9.17) is 4.74 Å². The number of carbonyl (C=O) groups excluding carboxylic acids is 7. The van der Waals surface area contributed by atoms with Crippen LogP contribution in [0.4, 0.5) is 17.6 Å². The Balaban J connectivity index is 1.68. The highest BCUT2D eigenvalue weighted by Gasteiger charge is 2.43. The Labute approximate surface area is 297 Å². The number of ether oxygens (including phenoxy) is 1. The van der Waals surface area contributed by atoms with Gasteiger partial charge in [0.1, 0.15) is 54.5 Å². The van der Waals surface area contributed by atoms with E-state index in [-0.39, 0.29) is 37.6 Å². The summed E-state index contributed by atoms with van der Waals surface area (Å²) in [5.41, 5.74) is -0.106. The molecule has 3 fully saturated rings. The van der Waals surface area contributed by atoms with Crippen molar-refractivity contribution in [2.75, 3.05) is 26.7 Å². The summed E-state index contributed by atoms with van der Waals surface area (Å²) in [5, 5.41) is 7.18. The van der Waals surface area contributed by atoms with Crippen LogP contribution in [0.5, 0.6) is 0 Å². The lowest BCUT2D eigenvalue weighted by molar-refractivity contribution is -0.158. The first-order valence-electron chi connectivity index (χ1n) is 16.8. The van der Waals surface area contributed by atoms with Crippen LogP contribution in [0.3, 0.4) is 0 Å². The first-order chi connectivity index (χ1) is 24.4. The quantitative estimate of drug-likeness (QED) is 0.207. The average molecular weight is 739 g/mol. The maximum atomic E-state index is 14.1. The van der Waals surface area contributed by atoms with Gasteiger partial charge in [0.15, 0.2) is 0 Å². The molecule has 0 aliphatic carbocycles. The molecule has 52 heavy (non-hydrogen) atoms. The third-order valence-corrected chi connectivity index (χ3v) is 9.20. The summed E-state index contributed by atoms with van der Waals surface area (Å²) in [6, 6.07) is -5.33. The molecule has 3 aliphatic heterocycles. The summed E-state index contributed by atoms with van der Waals surface area (Å²) in [5.74, 6) is -11.3. The summed E-state index contributed by atoms with van der Waals surface area (Å²) >= 11 is 0. The number of carbonyl (C=O) groups is 7. The van der Waals surface area contributed by atoms with E-state index in [1.807, 2.05) is 0 Å². The fraction of sp³-hybridized carbons (Fsp3) is 0.559. The lowest BCUT2D eigenvalue weighted by Gasteiger charge is -2.34. The first kappa shape index (κ1) is 39.8. The van der Waals surface area contributed by atoms with Crippen molar-refractivity contribution in [1.29, 1.82) is 0 Å². The topological polar surface area (TPSA) is 175 Å². The Morgan fingerprint density at radius 3 is 2.17 bits per heavy atom. The molecular weight excluding hydrogens is 696 g/mol. The lowest BCUT2D eigenvalue weighted by Crippen LogP contribution is -2.60. The van der Waals surface area contributed by atoms with Crippen molar-refractivity contribution >= 4 is 41.4 Å². The molecule has 1 aromatic carbocycles. The Hall–Kier alpha value is -5.03. The van der Waals surface area contributed by atoms with Gasteiger partial charge in [-0.2, -0.15) is 0 Å². The van der Waals surface area contributed by atoms with E-state index in [2.05, 4.69) is 16.0 Å². The number of allylic oxidation sites excluding steroid dienone is 1. The van der Waals surface area contributed by atoms with Gasteiger partial charge in [-0.05, 0) is 63.3 Å². The van der Waals surface area contributed by atoms with Crippen molar-refractivity contribution in [2.24, 2.45) is 0 Å². The normalized spacial score (nSPS) is 25.8. The van der Waals surface area contributed by atoms with E-state index < -0.39 is 108 Å². The zero-order valence-electron chi connectivity index (χ0n) is 29.1. The van der Waals surface area contributed by atoms with E-state index in [9.17, 15) is 51.1 Å². The minimum absolute atomic E-state index is 0.0463. The number of alkyl halides is 2. The van der Waals surface area contributed by atoms with Crippen molar-refractivity contribution < 1.29 is 55.9 Å². The minimum atomic E-state index is -3.39. The molecule has 6 amide bonds. The molecular formula is C34H42F4N6O8. The van der Waals surface area contributed by atoms with Gasteiger partial charge in [0.05, 0.1) is 0 Å². The lowest BCUT2D eigenvalue weighted by atomic mass is 10.0. The number of benzene rings is 1. The Kier molecular flexibility index (Phi) is 12.6. The van der Waals surface area contributed by atoms with Crippen LogP contribution < -0.4 is 16.0 Å². The molecule has 1 aromatic rings. The molecule has 4 rings (SSSR count). The predicted molar refractivity (Wildman–Crippen MR) is 174 cm³/mol. The molecule has 0 spiro atoms. The second kappa shape index (κ2) is 16.5. The fourth-order valence-electron chi connectivity index (χ4n) is 6.33. The molecule has 3 N–H and O–H groups in total. The van der Waals surface area contributed by atoms with E-state index in [0.29, 0.717) is 31.9 Å². The molecule has 3 heterocycles. The summed E-state index contributed by atoms with van der Waals surface area (Å²) < 4.78 is 60.4. The zero-order valence-corrected chi connectivity index (χ0v) is 29.1.